The van der Waals surface area contributed by atoms with Gasteiger partial charge in [0, 0.05) is 6.54 Å². The predicted molar refractivity (Wildman–Crippen MR) is 56.2 cm³/mol. The predicted octanol–water partition coefficient (Wildman–Crippen LogP) is 1.61. The van der Waals surface area contributed by atoms with Crippen molar-refractivity contribution in [3.05, 3.63) is 29.3 Å². The summed E-state index contributed by atoms with van der Waals surface area (Å²) in [6.45, 7) is 3.12. The summed E-state index contributed by atoms with van der Waals surface area (Å²) < 4.78 is 5.09. The van der Waals surface area contributed by atoms with Crippen molar-refractivity contribution in [3.63, 3.8) is 0 Å². The van der Waals surface area contributed by atoms with E-state index >= 15 is 0 Å². The largest absolute Gasteiger partial charge is 0.495 e. The molecule has 4 heteroatoms. The molecule has 0 aliphatic rings. The molecule has 80 valence electrons. The molecule has 0 unspecified atom stereocenters. The molecule has 0 heterocycles. The van der Waals surface area contributed by atoms with E-state index in [1.807, 2.05) is 19.1 Å². The second-order valence-electron chi connectivity index (χ2n) is 2.90. The Labute approximate surface area is 89.4 Å². The Morgan fingerprint density at radius 3 is 2.87 bits per heavy atom. The lowest BCUT2D eigenvalue weighted by atomic mass is 10.1. The van der Waals surface area contributed by atoms with E-state index in [0.717, 1.165) is 5.56 Å². The molecule has 0 atom stereocenters. The number of benzene rings is 1. The van der Waals surface area contributed by atoms with Gasteiger partial charge in [0.05, 0.1) is 19.3 Å². The highest BCUT2D eigenvalue weighted by atomic mass is 16.6. The fourth-order valence-electron chi connectivity index (χ4n) is 1.17. The minimum atomic E-state index is 0.539. The van der Waals surface area contributed by atoms with Crippen molar-refractivity contribution >= 4 is 0 Å². The topological polar surface area (TPSA) is 54.3 Å². The summed E-state index contributed by atoms with van der Waals surface area (Å²) in [4.78, 5) is 5.01. The first kappa shape index (κ1) is 11.5. The Hall–Kier alpha value is -1.57. The molecule has 0 amide bonds. The van der Waals surface area contributed by atoms with Crippen LogP contribution < -0.4 is 10.2 Å². The average molecular weight is 206 g/mol. The van der Waals surface area contributed by atoms with Crippen LogP contribution >= 0.6 is 0 Å². The van der Waals surface area contributed by atoms with Crippen LogP contribution in [0.25, 0.3) is 0 Å². The van der Waals surface area contributed by atoms with Crippen LogP contribution in [0.15, 0.2) is 18.2 Å². The molecule has 0 spiro atoms. The lowest BCUT2D eigenvalue weighted by molar-refractivity contribution is 0.0463. The van der Waals surface area contributed by atoms with E-state index in [0.29, 0.717) is 24.5 Å². The molecule has 0 aliphatic carbocycles. The van der Waals surface area contributed by atoms with Gasteiger partial charge < -0.3 is 9.57 Å². The average Bonchev–Trinajstić information content (AvgIpc) is 2.29. The molecule has 15 heavy (non-hydrogen) atoms. The minimum absolute atomic E-state index is 0.539. The third-order valence-electron chi connectivity index (χ3n) is 1.91. The monoisotopic (exact) mass is 206 g/mol. The summed E-state index contributed by atoms with van der Waals surface area (Å²) in [5.41, 5.74) is 4.35. The molecule has 0 radical (unpaired) electrons. The van der Waals surface area contributed by atoms with Crippen LogP contribution in [0.5, 0.6) is 5.75 Å². The molecule has 0 saturated heterocycles. The van der Waals surface area contributed by atoms with E-state index in [4.69, 9.17) is 14.8 Å². The summed E-state index contributed by atoms with van der Waals surface area (Å²) in [6, 6.07) is 7.49. The Morgan fingerprint density at radius 1 is 1.47 bits per heavy atom. The van der Waals surface area contributed by atoms with E-state index in [1.54, 1.807) is 13.2 Å². The molecular weight excluding hydrogens is 192 g/mol. The molecule has 0 fully saturated rings. The van der Waals surface area contributed by atoms with Crippen LogP contribution in [0, 0.1) is 11.3 Å². The maximum atomic E-state index is 8.78. The molecule has 1 rings (SSSR count). The number of nitrogens with zero attached hydrogens (tertiary/aromatic N) is 1. The van der Waals surface area contributed by atoms with Crippen molar-refractivity contribution in [2.24, 2.45) is 0 Å². The van der Waals surface area contributed by atoms with Gasteiger partial charge in [0.1, 0.15) is 11.8 Å². The molecule has 0 saturated carbocycles. The van der Waals surface area contributed by atoms with E-state index in [-0.39, 0.29) is 0 Å². The molecular formula is C11H14N2O2. The van der Waals surface area contributed by atoms with Crippen molar-refractivity contribution in [2.45, 2.75) is 13.5 Å². The van der Waals surface area contributed by atoms with Crippen LogP contribution in [-0.4, -0.2) is 13.7 Å². The van der Waals surface area contributed by atoms with Gasteiger partial charge in [0.15, 0.2) is 0 Å². The fraction of sp³-hybridized carbons (Fsp3) is 0.364. The van der Waals surface area contributed by atoms with E-state index in [9.17, 15) is 0 Å². The number of rotatable bonds is 5. The molecule has 4 nitrogen and oxygen atoms in total. The standard InChI is InChI=1S/C11H14N2O2/c1-3-15-13-8-9-4-5-10(7-12)11(6-9)14-2/h4-6,13H,3,8H2,1-2H3. The summed E-state index contributed by atoms with van der Waals surface area (Å²) in [5.74, 6) is 0.591. The van der Waals surface area contributed by atoms with Crippen LogP contribution in [0.1, 0.15) is 18.1 Å². The van der Waals surface area contributed by atoms with Gasteiger partial charge >= 0.3 is 0 Å². The number of nitriles is 1. The van der Waals surface area contributed by atoms with Crippen LogP contribution in [-0.2, 0) is 11.4 Å². The summed E-state index contributed by atoms with van der Waals surface area (Å²) in [5, 5.41) is 8.78. The highest BCUT2D eigenvalue weighted by Crippen LogP contribution is 2.18. The first-order valence-corrected chi connectivity index (χ1v) is 4.73. The third kappa shape index (κ3) is 3.24. The van der Waals surface area contributed by atoms with Gasteiger partial charge in [0.2, 0.25) is 0 Å². The van der Waals surface area contributed by atoms with E-state index < -0.39 is 0 Å². The van der Waals surface area contributed by atoms with Crippen molar-refractivity contribution in [1.82, 2.24) is 5.48 Å². The fourth-order valence-corrected chi connectivity index (χ4v) is 1.17. The zero-order chi connectivity index (χ0) is 11.1. The lowest BCUT2D eigenvalue weighted by Gasteiger charge is -2.07. The molecule has 1 N–H and O–H groups in total. The summed E-state index contributed by atoms with van der Waals surface area (Å²) in [6.07, 6.45) is 0. The highest BCUT2D eigenvalue weighted by molar-refractivity contribution is 5.45. The van der Waals surface area contributed by atoms with Gasteiger partial charge in [-0.15, -0.1) is 0 Å². The van der Waals surface area contributed by atoms with Crippen molar-refractivity contribution in [1.29, 1.82) is 5.26 Å². The van der Waals surface area contributed by atoms with Gasteiger partial charge in [-0.05, 0) is 24.6 Å². The first-order valence-electron chi connectivity index (χ1n) is 4.73. The van der Waals surface area contributed by atoms with Gasteiger partial charge in [0.25, 0.3) is 0 Å². The zero-order valence-corrected chi connectivity index (χ0v) is 8.91. The molecule has 1 aromatic rings. The Bertz CT molecular complexity index is 358. The van der Waals surface area contributed by atoms with Crippen LogP contribution in [0.3, 0.4) is 0 Å². The van der Waals surface area contributed by atoms with Crippen molar-refractivity contribution < 1.29 is 9.57 Å². The summed E-state index contributed by atoms with van der Waals surface area (Å²) >= 11 is 0. The third-order valence-corrected chi connectivity index (χ3v) is 1.91. The molecule has 0 bridgehead atoms. The minimum Gasteiger partial charge on any atom is -0.495 e. The number of hydrogen-bond acceptors (Lipinski definition) is 4. The van der Waals surface area contributed by atoms with E-state index in [1.165, 1.54) is 0 Å². The van der Waals surface area contributed by atoms with Gasteiger partial charge in [-0.3, -0.25) is 0 Å². The Morgan fingerprint density at radius 2 is 2.27 bits per heavy atom. The number of hydrogen-bond donors (Lipinski definition) is 1. The van der Waals surface area contributed by atoms with Gasteiger partial charge in [-0.25, -0.2) is 0 Å². The van der Waals surface area contributed by atoms with Gasteiger partial charge in [-0.2, -0.15) is 10.7 Å². The lowest BCUT2D eigenvalue weighted by Crippen LogP contribution is -2.13. The molecule has 1 aromatic carbocycles. The van der Waals surface area contributed by atoms with E-state index in [2.05, 4.69) is 11.5 Å². The Kier molecular flexibility index (Phi) is 4.61. The van der Waals surface area contributed by atoms with Crippen molar-refractivity contribution in [2.75, 3.05) is 13.7 Å². The smallest absolute Gasteiger partial charge is 0.136 e. The van der Waals surface area contributed by atoms with Crippen LogP contribution in [0.4, 0.5) is 0 Å². The zero-order valence-electron chi connectivity index (χ0n) is 8.91. The maximum Gasteiger partial charge on any atom is 0.136 e. The number of methoxy groups -OCH3 is 1. The molecule has 0 aliphatic heterocycles. The number of ether oxygens (including phenoxy) is 1. The number of nitrogens with one attached hydrogen (secondary N) is 1. The second-order valence-corrected chi connectivity index (χ2v) is 2.90. The van der Waals surface area contributed by atoms with Crippen LogP contribution in [0.2, 0.25) is 0 Å². The first-order chi connectivity index (χ1) is 7.31. The normalized spacial score (nSPS) is 9.67. The Balaban J connectivity index is 2.71. The molecule has 0 aromatic heterocycles. The SMILES string of the molecule is CCONCc1ccc(C#N)c(OC)c1. The highest BCUT2D eigenvalue weighted by Gasteiger charge is 2.02. The van der Waals surface area contributed by atoms with Gasteiger partial charge in [-0.1, -0.05) is 6.07 Å². The number of hydroxylamine groups is 1. The quantitative estimate of drug-likeness (QED) is 0.587. The summed E-state index contributed by atoms with van der Waals surface area (Å²) in [7, 11) is 1.55. The maximum absolute atomic E-state index is 8.78. The van der Waals surface area contributed by atoms with Crippen molar-refractivity contribution in [3.8, 4) is 11.8 Å². The second kappa shape index (κ2) is 6.02.